The highest BCUT2D eigenvalue weighted by atomic mass is 35.5. The zero-order valence-electron chi connectivity index (χ0n) is 14.6. The summed E-state index contributed by atoms with van der Waals surface area (Å²) in [5, 5.41) is 10.8. The number of aromatic nitrogens is 3. The van der Waals surface area contributed by atoms with E-state index in [2.05, 4.69) is 30.5 Å². The Morgan fingerprint density at radius 2 is 1.66 bits per heavy atom. The van der Waals surface area contributed by atoms with Crippen molar-refractivity contribution in [2.75, 3.05) is 12.4 Å². The Bertz CT molecular complexity index is 1170. The number of methoxy groups -OCH3 is 1. The SMILES string of the molecule is COc1cc(N=Nc2cccc(S(=O)(=O)O)c2)ccc1Nc1nc(Cl)nc(Cl)n1. The molecular formula is C16H12Cl2N6O4S. The first-order valence-electron chi connectivity index (χ1n) is 7.76. The van der Waals surface area contributed by atoms with Crippen LogP contribution in [0.15, 0.2) is 57.6 Å². The van der Waals surface area contributed by atoms with E-state index in [4.69, 9.17) is 32.5 Å². The van der Waals surface area contributed by atoms with Gasteiger partial charge in [-0.2, -0.15) is 33.6 Å². The van der Waals surface area contributed by atoms with E-state index in [0.717, 1.165) is 0 Å². The van der Waals surface area contributed by atoms with E-state index in [1.165, 1.54) is 25.3 Å². The molecule has 0 amide bonds. The molecule has 0 saturated heterocycles. The van der Waals surface area contributed by atoms with Gasteiger partial charge in [0.05, 0.1) is 29.1 Å². The van der Waals surface area contributed by atoms with Crippen molar-refractivity contribution in [3.63, 3.8) is 0 Å². The van der Waals surface area contributed by atoms with Gasteiger partial charge in [0.25, 0.3) is 10.1 Å². The average molecular weight is 455 g/mol. The van der Waals surface area contributed by atoms with Crippen LogP contribution in [-0.4, -0.2) is 35.0 Å². The highest BCUT2D eigenvalue weighted by molar-refractivity contribution is 7.85. The zero-order chi connectivity index (χ0) is 21.0. The van der Waals surface area contributed by atoms with Crippen LogP contribution in [0.25, 0.3) is 0 Å². The molecule has 0 bridgehead atoms. The molecule has 0 aliphatic rings. The van der Waals surface area contributed by atoms with Gasteiger partial charge < -0.3 is 10.1 Å². The molecule has 0 radical (unpaired) electrons. The molecule has 0 aliphatic heterocycles. The molecule has 13 heteroatoms. The number of nitrogens with zero attached hydrogens (tertiary/aromatic N) is 5. The van der Waals surface area contributed by atoms with Crippen LogP contribution in [-0.2, 0) is 10.1 Å². The summed E-state index contributed by atoms with van der Waals surface area (Å²) in [7, 11) is -2.86. The largest absolute Gasteiger partial charge is 0.494 e. The molecule has 29 heavy (non-hydrogen) atoms. The summed E-state index contributed by atoms with van der Waals surface area (Å²) in [4.78, 5) is 11.2. The Morgan fingerprint density at radius 1 is 1.00 bits per heavy atom. The molecule has 10 nitrogen and oxygen atoms in total. The van der Waals surface area contributed by atoms with Gasteiger partial charge in [0.15, 0.2) is 0 Å². The van der Waals surface area contributed by atoms with Crippen LogP contribution in [0.2, 0.25) is 10.6 Å². The van der Waals surface area contributed by atoms with Gasteiger partial charge in [-0.15, -0.1) is 0 Å². The Kier molecular flexibility index (Phi) is 6.23. The molecule has 2 N–H and O–H groups in total. The van der Waals surface area contributed by atoms with Gasteiger partial charge in [-0.1, -0.05) is 6.07 Å². The van der Waals surface area contributed by atoms with Gasteiger partial charge in [-0.25, -0.2) is 0 Å². The van der Waals surface area contributed by atoms with E-state index < -0.39 is 10.1 Å². The van der Waals surface area contributed by atoms with E-state index in [1.54, 1.807) is 24.3 Å². The average Bonchev–Trinajstić information content (AvgIpc) is 2.66. The van der Waals surface area contributed by atoms with Crippen LogP contribution in [0.1, 0.15) is 0 Å². The number of anilines is 2. The molecule has 0 fully saturated rings. The fourth-order valence-corrected chi connectivity index (χ4v) is 3.05. The van der Waals surface area contributed by atoms with Gasteiger partial charge in [-0.05, 0) is 53.5 Å². The van der Waals surface area contributed by atoms with Gasteiger partial charge in [-0.3, -0.25) is 4.55 Å². The second-order valence-electron chi connectivity index (χ2n) is 5.38. The molecule has 0 atom stereocenters. The number of azo groups is 1. The maximum atomic E-state index is 11.2. The van der Waals surface area contributed by atoms with Crippen molar-refractivity contribution >= 4 is 56.3 Å². The minimum atomic E-state index is -4.33. The van der Waals surface area contributed by atoms with Crippen molar-refractivity contribution in [1.29, 1.82) is 0 Å². The minimum absolute atomic E-state index is 0.0657. The quantitative estimate of drug-likeness (QED) is 0.406. The van der Waals surface area contributed by atoms with Crippen LogP contribution in [0, 0.1) is 0 Å². The zero-order valence-corrected chi connectivity index (χ0v) is 16.9. The Balaban J connectivity index is 1.84. The maximum absolute atomic E-state index is 11.2. The summed E-state index contributed by atoms with van der Waals surface area (Å²) < 4.78 is 36.8. The number of hydrogen-bond acceptors (Lipinski definition) is 9. The maximum Gasteiger partial charge on any atom is 0.294 e. The smallest absolute Gasteiger partial charge is 0.294 e. The second kappa shape index (κ2) is 8.66. The monoisotopic (exact) mass is 454 g/mol. The van der Waals surface area contributed by atoms with Gasteiger partial charge >= 0.3 is 0 Å². The molecule has 150 valence electrons. The highest BCUT2D eigenvalue weighted by Gasteiger charge is 2.10. The number of rotatable bonds is 6. The number of ether oxygens (including phenoxy) is 1. The summed E-state index contributed by atoms with van der Waals surface area (Å²) in [5.74, 6) is 0.533. The predicted octanol–water partition coefficient (Wildman–Crippen LogP) is 4.59. The van der Waals surface area contributed by atoms with Crippen molar-refractivity contribution in [1.82, 2.24) is 15.0 Å². The van der Waals surface area contributed by atoms with Crippen molar-refractivity contribution in [3.05, 3.63) is 53.0 Å². The standard InChI is InChI=1S/C16H12Cl2N6O4S/c1-28-13-8-10(24-23-9-3-2-4-11(7-9)29(25,26)27)5-6-12(13)19-16-21-14(17)20-15(18)22-16/h2-8H,1H3,(H,25,26,27)(H,19,20,21,22). The highest BCUT2D eigenvalue weighted by Crippen LogP contribution is 2.32. The third-order valence-corrected chi connectivity index (χ3v) is 4.60. The fourth-order valence-electron chi connectivity index (χ4n) is 2.17. The first-order chi connectivity index (χ1) is 13.7. The lowest BCUT2D eigenvalue weighted by Gasteiger charge is -2.10. The number of nitrogens with one attached hydrogen (secondary N) is 1. The van der Waals surface area contributed by atoms with Crippen LogP contribution in [0.3, 0.4) is 0 Å². The lowest BCUT2D eigenvalue weighted by molar-refractivity contribution is 0.417. The van der Waals surface area contributed by atoms with E-state index in [9.17, 15) is 8.42 Å². The topological polar surface area (TPSA) is 139 Å². The Morgan fingerprint density at radius 3 is 2.28 bits per heavy atom. The lowest BCUT2D eigenvalue weighted by atomic mass is 10.2. The van der Waals surface area contributed by atoms with Crippen LogP contribution < -0.4 is 10.1 Å². The summed E-state index contributed by atoms with van der Waals surface area (Å²) in [6, 6.07) is 10.3. The first kappa shape index (κ1) is 20.9. The van der Waals surface area contributed by atoms with Crippen LogP contribution in [0.5, 0.6) is 5.75 Å². The molecule has 0 saturated carbocycles. The molecule has 3 aromatic rings. The second-order valence-corrected chi connectivity index (χ2v) is 7.48. The Hall–Kier alpha value is -2.86. The summed E-state index contributed by atoms with van der Waals surface area (Å²) >= 11 is 11.5. The number of hydrogen-bond donors (Lipinski definition) is 2. The molecule has 1 aromatic heterocycles. The molecular weight excluding hydrogens is 443 g/mol. The fraction of sp³-hybridized carbons (Fsp3) is 0.0625. The van der Waals surface area contributed by atoms with Crippen molar-refractivity contribution < 1.29 is 17.7 Å². The lowest BCUT2D eigenvalue weighted by Crippen LogP contribution is -2.01. The van der Waals surface area contributed by atoms with E-state index in [-0.39, 0.29) is 27.1 Å². The summed E-state index contributed by atoms with van der Waals surface area (Å²) in [5.41, 5.74) is 1.19. The molecule has 1 heterocycles. The normalized spacial score (nSPS) is 11.6. The third-order valence-electron chi connectivity index (χ3n) is 3.41. The van der Waals surface area contributed by atoms with Gasteiger partial charge in [0.1, 0.15) is 5.75 Å². The predicted molar refractivity (Wildman–Crippen MR) is 107 cm³/mol. The molecule has 2 aromatic carbocycles. The summed E-state index contributed by atoms with van der Waals surface area (Å²) in [6.07, 6.45) is 0. The van der Waals surface area contributed by atoms with E-state index in [0.29, 0.717) is 17.1 Å². The van der Waals surface area contributed by atoms with Gasteiger partial charge in [0.2, 0.25) is 16.5 Å². The van der Waals surface area contributed by atoms with Crippen LogP contribution >= 0.6 is 23.2 Å². The van der Waals surface area contributed by atoms with Gasteiger partial charge in [0, 0.05) is 6.07 Å². The van der Waals surface area contributed by atoms with E-state index in [1.807, 2.05) is 0 Å². The molecule has 3 rings (SSSR count). The minimum Gasteiger partial charge on any atom is -0.494 e. The summed E-state index contributed by atoms with van der Waals surface area (Å²) in [6.45, 7) is 0. The molecule has 0 aliphatic carbocycles. The van der Waals surface area contributed by atoms with Crippen molar-refractivity contribution in [3.8, 4) is 5.75 Å². The number of halogens is 2. The Labute approximate surface area is 175 Å². The number of benzene rings is 2. The van der Waals surface area contributed by atoms with Crippen LogP contribution in [0.4, 0.5) is 23.0 Å². The third kappa shape index (κ3) is 5.57. The van der Waals surface area contributed by atoms with Crippen molar-refractivity contribution in [2.24, 2.45) is 10.2 Å². The molecule has 0 spiro atoms. The van der Waals surface area contributed by atoms with E-state index >= 15 is 0 Å². The first-order valence-corrected chi connectivity index (χ1v) is 9.95. The van der Waals surface area contributed by atoms with Crippen molar-refractivity contribution in [2.45, 2.75) is 4.90 Å². The molecule has 0 unspecified atom stereocenters.